The summed E-state index contributed by atoms with van der Waals surface area (Å²) in [6, 6.07) is 4.77. The Morgan fingerprint density at radius 3 is 2.77 bits per heavy atom. The first-order valence-electron chi connectivity index (χ1n) is 9.23. The van der Waals surface area contributed by atoms with Crippen molar-refractivity contribution in [1.82, 2.24) is 19.6 Å². The largest absolute Gasteiger partial charge is 0.466 e. The average Bonchev–Trinajstić information content (AvgIpc) is 3.09. The van der Waals surface area contributed by atoms with Crippen LogP contribution in [0.4, 0.5) is 18.9 Å². The summed E-state index contributed by atoms with van der Waals surface area (Å²) < 4.78 is 44.5. The standard InChI is InChI=1S/C19H20F3N5O3/c1-3-30-16(28)8-7-14-11(2)24-18-25-15(26-27(18)17(14)29)10-23-13-6-4-5-12(9-13)19(20,21)22/h4-6,9,23H,3,7-8,10H2,1-2H3,(H,24,25,26). The third-order valence-electron chi connectivity index (χ3n) is 4.38. The molecular weight excluding hydrogens is 403 g/mol. The monoisotopic (exact) mass is 423 g/mol. The van der Waals surface area contributed by atoms with E-state index in [4.69, 9.17) is 4.74 Å². The van der Waals surface area contributed by atoms with E-state index in [1.165, 1.54) is 12.1 Å². The number of nitrogens with one attached hydrogen (secondary N) is 2. The molecule has 0 aliphatic heterocycles. The second-order valence-electron chi connectivity index (χ2n) is 6.52. The van der Waals surface area contributed by atoms with Crippen LogP contribution in [0.2, 0.25) is 0 Å². The lowest BCUT2D eigenvalue weighted by Crippen LogP contribution is -2.23. The summed E-state index contributed by atoms with van der Waals surface area (Å²) in [5.74, 6) is 0.0502. The maximum atomic E-state index is 12.8. The summed E-state index contributed by atoms with van der Waals surface area (Å²) >= 11 is 0. The molecule has 2 N–H and O–H groups in total. The van der Waals surface area contributed by atoms with Crippen molar-refractivity contribution in [3.63, 3.8) is 0 Å². The van der Waals surface area contributed by atoms with Crippen molar-refractivity contribution < 1.29 is 22.7 Å². The summed E-state index contributed by atoms with van der Waals surface area (Å²) in [6.07, 6.45) is -4.21. The van der Waals surface area contributed by atoms with Gasteiger partial charge in [0, 0.05) is 17.7 Å². The number of aryl methyl sites for hydroxylation is 1. The zero-order valence-corrected chi connectivity index (χ0v) is 16.3. The predicted octanol–water partition coefficient (Wildman–Crippen LogP) is 2.85. The fourth-order valence-corrected chi connectivity index (χ4v) is 2.92. The van der Waals surface area contributed by atoms with E-state index in [2.05, 4.69) is 20.4 Å². The Bertz CT molecular complexity index is 1120. The van der Waals surface area contributed by atoms with Crippen LogP contribution < -0.4 is 10.9 Å². The number of esters is 1. The second kappa shape index (κ2) is 8.56. The zero-order chi connectivity index (χ0) is 21.9. The molecule has 3 aromatic rings. The molecule has 0 radical (unpaired) electrons. The van der Waals surface area contributed by atoms with E-state index in [-0.39, 0.29) is 43.0 Å². The van der Waals surface area contributed by atoms with Gasteiger partial charge in [0.15, 0.2) is 0 Å². The molecule has 0 saturated heterocycles. The van der Waals surface area contributed by atoms with Crippen molar-refractivity contribution in [2.24, 2.45) is 0 Å². The first-order chi connectivity index (χ1) is 14.2. The molecular formula is C19H20F3N5O3. The summed E-state index contributed by atoms with van der Waals surface area (Å²) in [7, 11) is 0. The normalized spacial score (nSPS) is 11.6. The van der Waals surface area contributed by atoms with E-state index in [0.29, 0.717) is 17.1 Å². The number of H-pyrrole nitrogens is 1. The number of ether oxygens (including phenoxy) is 1. The fraction of sp³-hybridized carbons (Fsp3) is 0.368. The van der Waals surface area contributed by atoms with Gasteiger partial charge >= 0.3 is 12.1 Å². The number of alkyl halides is 3. The Balaban J connectivity index is 1.78. The Labute approximate surface area is 169 Å². The number of hydrogen-bond donors (Lipinski definition) is 2. The highest BCUT2D eigenvalue weighted by atomic mass is 19.4. The molecule has 0 amide bonds. The van der Waals surface area contributed by atoms with Gasteiger partial charge in [0.25, 0.3) is 11.3 Å². The molecule has 2 aromatic heterocycles. The van der Waals surface area contributed by atoms with Crippen LogP contribution in [0, 0.1) is 6.92 Å². The minimum atomic E-state index is -4.44. The number of rotatable bonds is 7. The number of carbonyl (C=O) groups is 1. The lowest BCUT2D eigenvalue weighted by molar-refractivity contribution is -0.143. The highest BCUT2D eigenvalue weighted by Gasteiger charge is 2.30. The average molecular weight is 423 g/mol. The van der Waals surface area contributed by atoms with Crippen molar-refractivity contribution in [1.29, 1.82) is 0 Å². The number of carbonyl (C=O) groups excluding carboxylic acids is 1. The van der Waals surface area contributed by atoms with Gasteiger partial charge in [-0.05, 0) is 38.5 Å². The van der Waals surface area contributed by atoms with Gasteiger partial charge in [-0.15, -0.1) is 0 Å². The van der Waals surface area contributed by atoms with Crippen molar-refractivity contribution in [2.45, 2.75) is 39.4 Å². The lowest BCUT2D eigenvalue weighted by atomic mass is 10.1. The quantitative estimate of drug-likeness (QED) is 0.567. The smallest absolute Gasteiger partial charge is 0.416 e. The van der Waals surface area contributed by atoms with Crippen LogP contribution in [0.5, 0.6) is 0 Å². The number of aromatic nitrogens is 4. The van der Waals surface area contributed by atoms with E-state index in [0.717, 1.165) is 16.6 Å². The predicted molar refractivity (Wildman–Crippen MR) is 102 cm³/mol. The van der Waals surface area contributed by atoms with E-state index in [1.54, 1.807) is 13.8 Å². The van der Waals surface area contributed by atoms with Gasteiger partial charge in [-0.25, -0.2) is 4.98 Å². The van der Waals surface area contributed by atoms with Crippen molar-refractivity contribution in [3.05, 3.63) is 57.3 Å². The van der Waals surface area contributed by atoms with Crippen LogP contribution in [0.1, 0.15) is 36.0 Å². The van der Waals surface area contributed by atoms with Gasteiger partial charge in [0.1, 0.15) is 5.82 Å². The van der Waals surface area contributed by atoms with Gasteiger partial charge in [0.05, 0.1) is 24.4 Å². The van der Waals surface area contributed by atoms with Crippen molar-refractivity contribution in [2.75, 3.05) is 11.9 Å². The van der Waals surface area contributed by atoms with Gasteiger partial charge < -0.3 is 10.1 Å². The summed E-state index contributed by atoms with van der Waals surface area (Å²) in [5, 5.41) is 5.63. The summed E-state index contributed by atoms with van der Waals surface area (Å²) in [6.45, 7) is 3.67. The molecule has 11 heteroatoms. The summed E-state index contributed by atoms with van der Waals surface area (Å²) in [5.41, 5.74) is -0.0804. The maximum Gasteiger partial charge on any atom is 0.416 e. The molecule has 8 nitrogen and oxygen atoms in total. The number of hydrogen-bond acceptors (Lipinski definition) is 6. The molecule has 3 rings (SSSR count). The van der Waals surface area contributed by atoms with E-state index in [9.17, 15) is 22.8 Å². The molecule has 30 heavy (non-hydrogen) atoms. The van der Waals surface area contributed by atoms with Crippen LogP contribution in [0.15, 0.2) is 29.1 Å². The molecule has 0 aliphatic carbocycles. The van der Waals surface area contributed by atoms with Crippen LogP contribution in [-0.2, 0) is 28.7 Å². The van der Waals surface area contributed by atoms with Crippen LogP contribution in [0.3, 0.4) is 0 Å². The molecule has 2 heterocycles. The molecule has 160 valence electrons. The van der Waals surface area contributed by atoms with Crippen LogP contribution in [0.25, 0.3) is 5.78 Å². The molecule has 1 aromatic carbocycles. The number of nitrogens with zero attached hydrogens (tertiary/aromatic N) is 3. The fourth-order valence-electron chi connectivity index (χ4n) is 2.92. The second-order valence-corrected chi connectivity index (χ2v) is 6.52. The Kier molecular flexibility index (Phi) is 6.09. The third-order valence-corrected chi connectivity index (χ3v) is 4.38. The SMILES string of the molecule is CCOC(=O)CCc1c(C)nc2nc(CNc3cccc(C(F)(F)F)c3)[nH]n2c1=O. The molecule has 0 atom stereocenters. The molecule has 0 bridgehead atoms. The first kappa shape index (κ1) is 21.3. The Hall–Kier alpha value is -3.37. The minimum absolute atomic E-state index is 0.0514. The lowest BCUT2D eigenvalue weighted by Gasteiger charge is -2.09. The number of anilines is 1. The highest BCUT2D eigenvalue weighted by molar-refractivity contribution is 5.69. The zero-order valence-electron chi connectivity index (χ0n) is 16.3. The topological polar surface area (TPSA) is 101 Å². The van der Waals surface area contributed by atoms with E-state index >= 15 is 0 Å². The van der Waals surface area contributed by atoms with Gasteiger partial charge in [-0.1, -0.05) is 6.07 Å². The number of halogens is 3. The van der Waals surface area contributed by atoms with E-state index in [1.807, 2.05) is 0 Å². The Morgan fingerprint density at radius 1 is 1.30 bits per heavy atom. The molecule has 0 saturated carbocycles. The third kappa shape index (κ3) is 4.78. The van der Waals surface area contributed by atoms with Crippen LogP contribution in [-0.4, -0.2) is 32.2 Å². The highest BCUT2D eigenvalue weighted by Crippen LogP contribution is 2.30. The van der Waals surface area contributed by atoms with E-state index < -0.39 is 17.7 Å². The maximum absolute atomic E-state index is 12.8. The molecule has 0 fully saturated rings. The molecule has 0 spiro atoms. The van der Waals surface area contributed by atoms with Gasteiger partial charge in [-0.3, -0.25) is 14.7 Å². The summed E-state index contributed by atoms with van der Waals surface area (Å²) in [4.78, 5) is 32.8. The number of fused-ring (bicyclic) bond motifs is 1. The first-order valence-corrected chi connectivity index (χ1v) is 9.23. The number of benzene rings is 1. The molecule has 0 unspecified atom stereocenters. The van der Waals surface area contributed by atoms with Crippen LogP contribution >= 0.6 is 0 Å². The van der Waals surface area contributed by atoms with Gasteiger partial charge in [-0.2, -0.15) is 22.7 Å². The van der Waals surface area contributed by atoms with Crippen molar-refractivity contribution in [3.8, 4) is 0 Å². The van der Waals surface area contributed by atoms with Gasteiger partial charge in [0.2, 0.25) is 0 Å². The number of aromatic amines is 1. The Morgan fingerprint density at radius 2 is 2.07 bits per heavy atom. The minimum Gasteiger partial charge on any atom is -0.466 e. The van der Waals surface area contributed by atoms with Crippen molar-refractivity contribution >= 4 is 17.4 Å². The molecule has 0 aliphatic rings.